The van der Waals surface area contributed by atoms with Gasteiger partial charge in [-0.25, -0.2) is 5.06 Å². The molecule has 1 saturated heterocycles. The Labute approximate surface area is 173 Å². The number of hydrogen-bond donors (Lipinski definition) is 0. The van der Waals surface area contributed by atoms with Crippen LogP contribution in [0.15, 0.2) is 41.2 Å². The molecule has 0 radical (unpaired) electrons. The molecule has 4 rings (SSSR count). The van der Waals surface area contributed by atoms with Crippen LogP contribution in [0.25, 0.3) is 0 Å². The fraction of sp³-hybridized carbons (Fsp3) is 0.636. The molecule has 0 aromatic rings. The minimum Gasteiger partial charge on any atom is -0.378 e. The molecule has 3 heterocycles. The smallest absolute Gasteiger partial charge is 0.251 e. The van der Waals surface area contributed by atoms with Crippen molar-refractivity contribution in [1.82, 2.24) is 14.9 Å². The van der Waals surface area contributed by atoms with Gasteiger partial charge in [-0.05, 0) is 30.9 Å². The summed E-state index contributed by atoms with van der Waals surface area (Å²) in [5.41, 5.74) is 1.84. The van der Waals surface area contributed by atoms with Gasteiger partial charge in [-0.3, -0.25) is 19.5 Å². The summed E-state index contributed by atoms with van der Waals surface area (Å²) in [5.74, 6) is 0.530. The third-order valence-corrected chi connectivity index (χ3v) is 6.00. The van der Waals surface area contributed by atoms with E-state index in [-0.39, 0.29) is 24.2 Å². The zero-order valence-electron chi connectivity index (χ0n) is 17.7. The summed E-state index contributed by atoms with van der Waals surface area (Å²) < 4.78 is 5.33. The van der Waals surface area contributed by atoms with Crippen molar-refractivity contribution in [3.63, 3.8) is 0 Å². The summed E-state index contributed by atoms with van der Waals surface area (Å²) >= 11 is 0. The maximum absolute atomic E-state index is 12.6. The van der Waals surface area contributed by atoms with E-state index in [0.717, 1.165) is 30.8 Å². The van der Waals surface area contributed by atoms with Crippen LogP contribution in [0.4, 0.5) is 0 Å². The molecule has 2 unspecified atom stereocenters. The topological polar surface area (TPSA) is 57.6 Å². The first-order valence-corrected chi connectivity index (χ1v) is 10.7. The zero-order chi connectivity index (χ0) is 20.4. The van der Waals surface area contributed by atoms with E-state index < -0.39 is 0 Å². The summed E-state index contributed by atoms with van der Waals surface area (Å²) in [6.45, 7) is 10.1. The van der Waals surface area contributed by atoms with Gasteiger partial charge < -0.3 is 9.64 Å². The van der Waals surface area contributed by atoms with Crippen LogP contribution in [0.2, 0.25) is 0 Å². The Balaban J connectivity index is 1.54. The van der Waals surface area contributed by atoms with E-state index in [0.29, 0.717) is 32.2 Å². The molecule has 0 aromatic heterocycles. The lowest BCUT2D eigenvalue weighted by atomic mass is 9.79. The number of nitrogens with zero attached hydrogens (tertiary/aromatic N) is 4. The van der Waals surface area contributed by atoms with E-state index in [9.17, 15) is 4.79 Å². The molecule has 1 fully saturated rings. The highest BCUT2D eigenvalue weighted by atomic mass is 16.7. The molecule has 0 saturated carbocycles. The Hall–Kier alpha value is -1.96. The molecule has 0 N–H and O–H groups in total. The fourth-order valence-electron chi connectivity index (χ4n) is 4.67. The van der Waals surface area contributed by atoms with Gasteiger partial charge in [0.1, 0.15) is 11.7 Å². The van der Waals surface area contributed by atoms with Gasteiger partial charge in [0.2, 0.25) is 0 Å². The molecule has 3 aliphatic heterocycles. The molecular weight excluding hydrogens is 368 g/mol. The highest BCUT2D eigenvalue weighted by molar-refractivity contribution is 6.08. The second-order valence-electron chi connectivity index (χ2n) is 8.40. The van der Waals surface area contributed by atoms with Crippen LogP contribution in [0, 0.1) is 5.92 Å². The first-order valence-electron chi connectivity index (χ1n) is 10.7. The molecule has 0 bridgehead atoms. The van der Waals surface area contributed by atoms with Crippen molar-refractivity contribution < 1.29 is 14.4 Å². The summed E-state index contributed by atoms with van der Waals surface area (Å²) in [6.07, 6.45) is 12.3. The number of hydrogen-bond acceptors (Lipinski definition) is 6. The number of carbonyl (C=O) groups excluding carboxylic acids is 1. The SMILES string of the molecule is CCC1N=C2C=CC=C3N(OCC(=O)N4CCOCC4)C=CCC32N1CC(C)C. The van der Waals surface area contributed by atoms with Crippen LogP contribution in [0.3, 0.4) is 0 Å². The summed E-state index contributed by atoms with van der Waals surface area (Å²) in [6, 6.07) is 0. The Kier molecular flexibility index (Phi) is 5.90. The Morgan fingerprint density at radius 2 is 2.17 bits per heavy atom. The third kappa shape index (κ3) is 3.67. The molecule has 1 aliphatic carbocycles. The number of morpholine rings is 1. The Morgan fingerprint density at radius 1 is 1.38 bits per heavy atom. The van der Waals surface area contributed by atoms with Gasteiger partial charge in [-0.15, -0.1) is 0 Å². The predicted octanol–water partition coefficient (Wildman–Crippen LogP) is 2.34. The maximum Gasteiger partial charge on any atom is 0.251 e. The van der Waals surface area contributed by atoms with Gasteiger partial charge in [0, 0.05) is 25.8 Å². The van der Waals surface area contributed by atoms with Gasteiger partial charge in [0.15, 0.2) is 6.61 Å². The lowest BCUT2D eigenvalue weighted by Crippen LogP contribution is -2.59. The molecule has 7 heteroatoms. The molecule has 1 spiro atoms. The molecule has 0 aromatic carbocycles. The monoisotopic (exact) mass is 400 g/mol. The molecular formula is C22H32N4O3. The number of hydroxylamine groups is 2. The number of allylic oxidation sites excluding steroid dienone is 2. The average molecular weight is 401 g/mol. The number of carbonyl (C=O) groups is 1. The quantitative estimate of drug-likeness (QED) is 0.685. The number of rotatable bonds is 6. The first-order chi connectivity index (χ1) is 14.1. The van der Waals surface area contributed by atoms with Crippen LogP contribution in [0.5, 0.6) is 0 Å². The highest BCUT2D eigenvalue weighted by Gasteiger charge is 2.53. The van der Waals surface area contributed by atoms with Crippen molar-refractivity contribution in [2.45, 2.75) is 45.3 Å². The number of ether oxygens (including phenoxy) is 1. The average Bonchev–Trinajstić information content (AvgIpc) is 3.04. The van der Waals surface area contributed by atoms with Gasteiger partial charge in [-0.2, -0.15) is 0 Å². The number of aliphatic imine (C=N–C) groups is 1. The van der Waals surface area contributed by atoms with Gasteiger partial charge >= 0.3 is 0 Å². The third-order valence-electron chi connectivity index (χ3n) is 6.00. The second kappa shape index (κ2) is 8.42. The van der Waals surface area contributed by atoms with Crippen molar-refractivity contribution >= 4 is 11.6 Å². The zero-order valence-corrected chi connectivity index (χ0v) is 17.7. The minimum atomic E-state index is -0.309. The lowest BCUT2D eigenvalue weighted by molar-refractivity contribution is -0.159. The molecule has 7 nitrogen and oxygen atoms in total. The van der Waals surface area contributed by atoms with E-state index in [1.807, 2.05) is 17.2 Å². The Morgan fingerprint density at radius 3 is 2.90 bits per heavy atom. The first kappa shape index (κ1) is 20.3. The van der Waals surface area contributed by atoms with Crippen molar-refractivity contribution in [2.24, 2.45) is 10.9 Å². The molecule has 158 valence electrons. The van der Waals surface area contributed by atoms with Crippen LogP contribution in [-0.4, -0.2) is 77.6 Å². The highest BCUT2D eigenvalue weighted by Crippen LogP contribution is 2.45. The summed E-state index contributed by atoms with van der Waals surface area (Å²) in [4.78, 5) is 28.0. The van der Waals surface area contributed by atoms with Crippen molar-refractivity contribution in [2.75, 3.05) is 39.5 Å². The summed E-state index contributed by atoms with van der Waals surface area (Å²) in [7, 11) is 0. The van der Waals surface area contributed by atoms with E-state index in [2.05, 4.69) is 43.9 Å². The van der Waals surface area contributed by atoms with Gasteiger partial charge in [0.25, 0.3) is 5.91 Å². The van der Waals surface area contributed by atoms with Crippen LogP contribution < -0.4 is 0 Å². The standard InChI is InChI=1S/C22H32N4O3/c1-4-20-23-18-7-5-8-19-22(18,25(20)15-17(2)3)9-6-10-26(19)29-16-21(27)24-11-13-28-14-12-24/h5-8,10,17,20H,4,9,11-16H2,1-3H3. The van der Waals surface area contributed by atoms with E-state index in [1.54, 1.807) is 5.06 Å². The molecule has 1 amide bonds. The van der Waals surface area contributed by atoms with E-state index >= 15 is 0 Å². The van der Waals surface area contributed by atoms with Crippen LogP contribution in [0.1, 0.15) is 33.6 Å². The normalized spacial score (nSPS) is 29.0. The predicted molar refractivity (Wildman–Crippen MR) is 112 cm³/mol. The van der Waals surface area contributed by atoms with Crippen LogP contribution >= 0.6 is 0 Å². The van der Waals surface area contributed by atoms with Crippen molar-refractivity contribution in [3.8, 4) is 0 Å². The van der Waals surface area contributed by atoms with Gasteiger partial charge in [-0.1, -0.05) is 32.9 Å². The van der Waals surface area contributed by atoms with Gasteiger partial charge in [0.05, 0.1) is 24.6 Å². The van der Waals surface area contributed by atoms with E-state index in [4.69, 9.17) is 14.6 Å². The fourth-order valence-corrected chi connectivity index (χ4v) is 4.67. The molecule has 4 aliphatic rings. The minimum absolute atomic E-state index is 0.000872. The molecule has 29 heavy (non-hydrogen) atoms. The van der Waals surface area contributed by atoms with Crippen molar-refractivity contribution in [3.05, 3.63) is 36.2 Å². The second-order valence-corrected chi connectivity index (χ2v) is 8.40. The van der Waals surface area contributed by atoms with Crippen molar-refractivity contribution in [1.29, 1.82) is 0 Å². The summed E-state index contributed by atoms with van der Waals surface area (Å²) in [5, 5.41) is 1.78. The van der Waals surface area contributed by atoms with Crippen LogP contribution in [-0.2, 0) is 14.4 Å². The lowest BCUT2D eigenvalue weighted by Gasteiger charge is -2.48. The number of amides is 1. The largest absolute Gasteiger partial charge is 0.378 e. The Bertz CT molecular complexity index is 751. The maximum atomic E-state index is 12.6. The van der Waals surface area contributed by atoms with E-state index in [1.165, 1.54) is 0 Å². The molecule has 2 atom stereocenters.